The highest BCUT2D eigenvalue weighted by Crippen LogP contribution is 2.26. The Morgan fingerprint density at radius 3 is 2.48 bits per heavy atom. The van der Waals surface area contributed by atoms with Crippen molar-refractivity contribution < 1.29 is 13.2 Å². The molecule has 2 heterocycles. The van der Waals surface area contributed by atoms with Crippen LogP contribution >= 0.6 is 11.6 Å². The highest BCUT2D eigenvalue weighted by molar-refractivity contribution is 7.89. The number of sulfonamides is 1. The van der Waals surface area contributed by atoms with Gasteiger partial charge in [-0.2, -0.15) is 4.31 Å². The summed E-state index contributed by atoms with van der Waals surface area (Å²) in [5.41, 5.74) is 1.22. The van der Waals surface area contributed by atoms with Crippen LogP contribution in [0.1, 0.15) is 41.7 Å². The van der Waals surface area contributed by atoms with Gasteiger partial charge >= 0.3 is 0 Å². The minimum atomic E-state index is -3.60. The van der Waals surface area contributed by atoms with Gasteiger partial charge < -0.3 is 5.32 Å². The zero-order valence-electron chi connectivity index (χ0n) is 15.1. The Bertz CT molecular complexity index is 939. The van der Waals surface area contributed by atoms with Gasteiger partial charge in [0.05, 0.1) is 4.90 Å². The van der Waals surface area contributed by atoms with E-state index in [4.69, 9.17) is 11.6 Å². The number of nitrogens with one attached hydrogen (secondary N) is 1. The molecule has 0 saturated carbocycles. The van der Waals surface area contributed by atoms with Crippen LogP contribution in [0, 0.1) is 6.92 Å². The van der Waals surface area contributed by atoms with Crippen LogP contribution in [-0.4, -0.2) is 36.7 Å². The van der Waals surface area contributed by atoms with Crippen molar-refractivity contribution in [1.29, 1.82) is 0 Å². The van der Waals surface area contributed by atoms with Gasteiger partial charge in [0.2, 0.25) is 10.0 Å². The molecule has 0 spiro atoms. The Balaban J connectivity index is 1.86. The quantitative estimate of drug-likeness (QED) is 0.834. The minimum Gasteiger partial charge on any atom is -0.321 e. The lowest BCUT2D eigenvalue weighted by Gasteiger charge is -2.21. The molecule has 0 aliphatic carbocycles. The van der Waals surface area contributed by atoms with Crippen molar-refractivity contribution in [3.63, 3.8) is 0 Å². The second-order valence-corrected chi connectivity index (χ2v) is 8.95. The summed E-state index contributed by atoms with van der Waals surface area (Å²) >= 11 is 5.89. The van der Waals surface area contributed by atoms with Crippen molar-refractivity contribution in [2.24, 2.45) is 0 Å². The van der Waals surface area contributed by atoms with E-state index in [0.717, 1.165) is 25.7 Å². The van der Waals surface area contributed by atoms with E-state index in [0.29, 0.717) is 29.4 Å². The molecule has 1 aromatic heterocycles. The van der Waals surface area contributed by atoms with E-state index < -0.39 is 15.9 Å². The molecule has 6 nitrogen and oxygen atoms in total. The Morgan fingerprint density at radius 2 is 1.81 bits per heavy atom. The maximum atomic E-state index is 13.1. The number of amides is 1. The minimum absolute atomic E-state index is 0.167. The van der Waals surface area contributed by atoms with Gasteiger partial charge in [-0.15, -0.1) is 0 Å². The Hall–Kier alpha value is -1.96. The highest BCUT2D eigenvalue weighted by Gasteiger charge is 2.27. The number of aryl methyl sites for hydroxylation is 1. The Labute approximate surface area is 164 Å². The van der Waals surface area contributed by atoms with Gasteiger partial charge in [0, 0.05) is 30.0 Å². The van der Waals surface area contributed by atoms with Crippen LogP contribution < -0.4 is 5.32 Å². The first kappa shape index (κ1) is 19.8. The molecule has 8 heteroatoms. The van der Waals surface area contributed by atoms with E-state index in [-0.39, 0.29) is 10.6 Å². The summed E-state index contributed by atoms with van der Waals surface area (Å²) in [6.45, 7) is 2.82. The summed E-state index contributed by atoms with van der Waals surface area (Å²) < 4.78 is 27.7. The van der Waals surface area contributed by atoms with Crippen LogP contribution in [0.5, 0.6) is 0 Å². The number of carbonyl (C=O) groups is 1. The summed E-state index contributed by atoms with van der Waals surface area (Å²) in [7, 11) is -3.60. The van der Waals surface area contributed by atoms with E-state index in [1.165, 1.54) is 18.3 Å². The van der Waals surface area contributed by atoms with E-state index >= 15 is 0 Å². The van der Waals surface area contributed by atoms with Crippen LogP contribution in [0.2, 0.25) is 5.02 Å². The lowest BCUT2D eigenvalue weighted by molar-refractivity contribution is 0.102. The van der Waals surface area contributed by atoms with E-state index in [2.05, 4.69) is 10.3 Å². The van der Waals surface area contributed by atoms with Gasteiger partial charge in [-0.1, -0.05) is 30.5 Å². The average Bonchev–Trinajstić information content (AvgIpc) is 2.93. The average molecular weight is 408 g/mol. The molecular weight excluding hydrogens is 386 g/mol. The fourth-order valence-corrected chi connectivity index (χ4v) is 5.03. The zero-order chi connectivity index (χ0) is 19.4. The first-order valence-corrected chi connectivity index (χ1v) is 10.7. The van der Waals surface area contributed by atoms with Crippen molar-refractivity contribution >= 4 is 33.2 Å². The largest absolute Gasteiger partial charge is 0.321 e. The first-order valence-electron chi connectivity index (χ1n) is 8.91. The summed E-state index contributed by atoms with van der Waals surface area (Å²) in [5, 5.41) is 3.10. The van der Waals surface area contributed by atoms with Crippen LogP contribution in [0.3, 0.4) is 0 Å². The molecule has 1 N–H and O–H groups in total. The predicted molar refractivity (Wildman–Crippen MR) is 106 cm³/mol. The molecule has 1 aliphatic rings. The molecule has 1 fully saturated rings. The Morgan fingerprint density at radius 1 is 1.11 bits per heavy atom. The van der Waals surface area contributed by atoms with Crippen LogP contribution in [0.25, 0.3) is 0 Å². The molecule has 1 aliphatic heterocycles. The molecule has 0 unspecified atom stereocenters. The van der Waals surface area contributed by atoms with Crippen LogP contribution in [0.15, 0.2) is 41.4 Å². The fraction of sp³-hybridized carbons (Fsp3) is 0.368. The topological polar surface area (TPSA) is 79.4 Å². The zero-order valence-corrected chi connectivity index (χ0v) is 16.7. The highest BCUT2D eigenvalue weighted by atomic mass is 35.5. The number of hydrogen-bond donors (Lipinski definition) is 1. The molecule has 3 rings (SSSR count). The summed E-state index contributed by atoms with van der Waals surface area (Å²) in [6, 6.07) is 7.93. The normalized spacial score (nSPS) is 15.9. The number of halogens is 1. The van der Waals surface area contributed by atoms with Gasteiger partial charge in [-0.25, -0.2) is 8.42 Å². The maximum Gasteiger partial charge on any atom is 0.274 e. The molecule has 2 aromatic rings. The monoisotopic (exact) mass is 407 g/mol. The SMILES string of the molecule is Cc1ccc(NC(=O)c2cc(Cl)ccn2)cc1S(=O)(=O)N1CCCCCC1. The van der Waals surface area contributed by atoms with E-state index in [1.54, 1.807) is 29.4 Å². The van der Waals surface area contributed by atoms with Crippen LogP contribution in [0.4, 0.5) is 5.69 Å². The maximum absolute atomic E-state index is 13.1. The van der Waals surface area contributed by atoms with Gasteiger partial charge in [0.1, 0.15) is 5.69 Å². The summed E-state index contributed by atoms with van der Waals surface area (Å²) in [4.78, 5) is 16.6. The fourth-order valence-electron chi connectivity index (χ4n) is 3.10. The Kier molecular flexibility index (Phi) is 6.14. The van der Waals surface area contributed by atoms with Crippen molar-refractivity contribution in [3.05, 3.63) is 52.8 Å². The van der Waals surface area contributed by atoms with Crippen molar-refractivity contribution in [3.8, 4) is 0 Å². The van der Waals surface area contributed by atoms with Crippen molar-refractivity contribution in [2.45, 2.75) is 37.5 Å². The predicted octanol–water partition coefficient (Wildman–Crippen LogP) is 3.86. The molecule has 1 aromatic carbocycles. The molecular formula is C19H22ClN3O3S. The third-order valence-corrected chi connectivity index (χ3v) is 6.86. The number of nitrogens with zero attached hydrogens (tertiary/aromatic N) is 2. The number of pyridine rings is 1. The van der Waals surface area contributed by atoms with Crippen molar-refractivity contribution in [2.75, 3.05) is 18.4 Å². The number of benzene rings is 1. The molecule has 0 bridgehead atoms. The van der Waals surface area contributed by atoms with Gasteiger partial charge in [-0.05, 0) is 49.6 Å². The van der Waals surface area contributed by atoms with Gasteiger partial charge in [0.15, 0.2) is 0 Å². The standard InChI is InChI=1S/C19H22ClN3O3S/c1-14-6-7-16(22-19(24)17-12-15(20)8-9-21-17)13-18(14)27(25,26)23-10-4-2-3-5-11-23/h6-9,12-13H,2-5,10-11H2,1H3,(H,22,24). The lowest BCUT2D eigenvalue weighted by atomic mass is 10.2. The number of anilines is 1. The molecule has 0 atom stereocenters. The third kappa shape index (κ3) is 4.66. The molecule has 144 valence electrons. The molecule has 1 amide bonds. The second-order valence-electron chi connectivity index (χ2n) is 6.61. The van der Waals surface area contributed by atoms with E-state index in [9.17, 15) is 13.2 Å². The van der Waals surface area contributed by atoms with Gasteiger partial charge in [0.25, 0.3) is 5.91 Å². The van der Waals surface area contributed by atoms with Crippen molar-refractivity contribution in [1.82, 2.24) is 9.29 Å². The number of aromatic nitrogens is 1. The second kappa shape index (κ2) is 8.37. The van der Waals surface area contributed by atoms with Gasteiger partial charge in [-0.3, -0.25) is 9.78 Å². The number of rotatable bonds is 4. The van der Waals surface area contributed by atoms with Crippen LogP contribution in [-0.2, 0) is 10.0 Å². The summed E-state index contributed by atoms with van der Waals surface area (Å²) in [5.74, 6) is -0.445. The molecule has 27 heavy (non-hydrogen) atoms. The van der Waals surface area contributed by atoms with E-state index in [1.807, 2.05) is 0 Å². The molecule has 1 saturated heterocycles. The first-order chi connectivity index (χ1) is 12.9. The smallest absolute Gasteiger partial charge is 0.274 e. The summed E-state index contributed by atoms with van der Waals surface area (Å²) in [6.07, 6.45) is 5.29. The molecule has 0 radical (unpaired) electrons. The lowest BCUT2D eigenvalue weighted by Crippen LogP contribution is -2.32. The number of carbonyl (C=O) groups excluding carboxylic acids is 1. The third-order valence-electron chi connectivity index (χ3n) is 4.58. The number of hydrogen-bond acceptors (Lipinski definition) is 4.